The number of alkyl halides is 3. The first-order chi connectivity index (χ1) is 16.9. The van der Waals surface area contributed by atoms with E-state index in [2.05, 4.69) is 20.9 Å². The summed E-state index contributed by atoms with van der Waals surface area (Å²) in [4.78, 5) is 40.4. The number of benzene rings is 2. The van der Waals surface area contributed by atoms with E-state index >= 15 is 0 Å². The highest BCUT2D eigenvalue weighted by atomic mass is 35.5. The van der Waals surface area contributed by atoms with Gasteiger partial charge in [-0.15, -0.1) is 0 Å². The summed E-state index contributed by atoms with van der Waals surface area (Å²) in [5, 5.41) is 8.22. The summed E-state index contributed by atoms with van der Waals surface area (Å²) in [5.74, 6) is -1.38. The van der Waals surface area contributed by atoms with E-state index in [4.69, 9.17) is 11.6 Å². The molecule has 1 atom stereocenters. The number of nitrogens with one attached hydrogen (secondary N) is 3. The second kappa shape index (κ2) is 11.6. The first-order valence-corrected chi connectivity index (χ1v) is 11.5. The number of carbonyl (C=O) groups is 3. The summed E-state index contributed by atoms with van der Waals surface area (Å²) in [6.45, 7) is 1.68. The monoisotopic (exact) mass is 525 g/mol. The van der Waals surface area contributed by atoms with Crippen molar-refractivity contribution in [3.8, 4) is 0 Å². The van der Waals surface area contributed by atoms with E-state index < -0.39 is 41.7 Å². The molecular formula is C24H27ClF3N5O3. The van der Waals surface area contributed by atoms with Crippen LogP contribution in [-0.2, 0) is 17.5 Å². The second-order valence-electron chi connectivity index (χ2n) is 8.68. The van der Waals surface area contributed by atoms with E-state index in [0.717, 1.165) is 30.7 Å². The summed E-state index contributed by atoms with van der Waals surface area (Å²) in [7, 11) is 2.90. The largest absolute Gasteiger partial charge is 0.416 e. The maximum absolute atomic E-state index is 13.2. The summed E-state index contributed by atoms with van der Waals surface area (Å²) >= 11 is 5.91. The molecule has 4 amide bonds. The lowest BCUT2D eigenvalue weighted by Gasteiger charge is -2.18. The molecule has 0 radical (unpaired) electrons. The van der Waals surface area contributed by atoms with Crippen LogP contribution < -0.4 is 16.0 Å². The smallest absolute Gasteiger partial charge is 0.350 e. The normalized spacial score (nSPS) is 15.9. The number of hydrogen-bond donors (Lipinski definition) is 3. The van der Waals surface area contributed by atoms with Gasteiger partial charge >= 0.3 is 12.2 Å². The zero-order valence-corrected chi connectivity index (χ0v) is 20.5. The van der Waals surface area contributed by atoms with Gasteiger partial charge in [0, 0.05) is 44.8 Å². The van der Waals surface area contributed by atoms with E-state index in [-0.39, 0.29) is 11.7 Å². The lowest BCUT2D eigenvalue weighted by atomic mass is 10.1. The SMILES string of the molecule is CN(C)C(=O)Nc1ccc(C(F)(F)F)cc1C(=O)NCC(=O)N[C@H]1CCN(Cc2ccc(Cl)cc2)C1. The van der Waals surface area contributed by atoms with Crippen LogP contribution in [0.5, 0.6) is 0 Å². The van der Waals surface area contributed by atoms with Gasteiger partial charge in [-0.05, 0) is 42.3 Å². The molecule has 0 aliphatic carbocycles. The molecule has 0 saturated carbocycles. The van der Waals surface area contributed by atoms with Crippen molar-refractivity contribution < 1.29 is 27.6 Å². The lowest BCUT2D eigenvalue weighted by Crippen LogP contribution is -2.43. The van der Waals surface area contributed by atoms with Crippen molar-refractivity contribution in [2.24, 2.45) is 0 Å². The van der Waals surface area contributed by atoms with Crippen LogP contribution in [-0.4, -0.2) is 67.4 Å². The van der Waals surface area contributed by atoms with Crippen LogP contribution in [0.4, 0.5) is 23.7 Å². The third kappa shape index (κ3) is 7.59. The zero-order chi connectivity index (χ0) is 26.5. The van der Waals surface area contributed by atoms with Gasteiger partial charge in [0.05, 0.1) is 23.4 Å². The topological polar surface area (TPSA) is 93.8 Å². The van der Waals surface area contributed by atoms with Crippen molar-refractivity contribution in [3.63, 3.8) is 0 Å². The summed E-state index contributed by atoms with van der Waals surface area (Å²) in [6, 6.07) is 9.19. The number of rotatable bonds is 7. The highest BCUT2D eigenvalue weighted by molar-refractivity contribution is 6.30. The Kier molecular flexibility index (Phi) is 8.80. The average molecular weight is 526 g/mol. The van der Waals surface area contributed by atoms with E-state index in [1.807, 2.05) is 24.3 Å². The van der Waals surface area contributed by atoms with Gasteiger partial charge in [-0.3, -0.25) is 14.5 Å². The minimum atomic E-state index is -4.68. The molecule has 194 valence electrons. The molecule has 12 heteroatoms. The Labute approximate surface area is 211 Å². The third-order valence-corrected chi connectivity index (χ3v) is 5.86. The van der Waals surface area contributed by atoms with Crippen molar-refractivity contribution in [1.29, 1.82) is 0 Å². The molecule has 36 heavy (non-hydrogen) atoms. The first kappa shape index (κ1) is 27.3. The summed E-state index contributed by atoms with van der Waals surface area (Å²) in [6.07, 6.45) is -3.96. The van der Waals surface area contributed by atoms with Crippen LogP contribution in [0.25, 0.3) is 0 Å². The molecule has 3 rings (SSSR count). The average Bonchev–Trinajstić information content (AvgIpc) is 3.24. The highest BCUT2D eigenvalue weighted by Crippen LogP contribution is 2.32. The van der Waals surface area contributed by atoms with Crippen molar-refractivity contribution in [2.75, 3.05) is 39.0 Å². The van der Waals surface area contributed by atoms with E-state index in [1.54, 1.807) is 0 Å². The molecule has 0 unspecified atom stereocenters. The maximum Gasteiger partial charge on any atom is 0.416 e. The Hall–Kier alpha value is -3.31. The van der Waals surface area contributed by atoms with Gasteiger partial charge in [0.25, 0.3) is 5.91 Å². The Morgan fingerprint density at radius 1 is 1.11 bits per heavy atom. The van der Waals surface area contributed by atoms with Gasteiger partial charge in [-0.1, -0.05) is 23.7 Å². The van der Waals surface area contributed by atoms with Crippen LogP contribution in [0.2, 0.25) is 5.02 Å². The number of amides is 4. The Morgan fingerprint density at radius 3 is 2.44 bits per heavy atom. The fourth-order valence-electron chi connectivity index (χ4n) is 3.72. The van der Waals surface area contributed by atoms with Gasteiger partial charge in [0.2, 0.25) is 5.91 Å². The van der Waals surface area contributed by atoms with Crippen LogP contribution >= 0.6 is 11.6 Å². The Balaban J connectivity index is 1.57. The molecule has 0 spiro atoms. The molecule has 2 aromatic carbocycles. The number of carbonyl (C=O) groups excluding carboxylic acids is 3. The number of nitrogens with zero attached hydrogens (tertiary/aromatic N) is 2. The molecule has 8 nitrogen and oxygen atoms in total. The van der Waals surface area contributed by atoms with Crippen LogP contribution in [0.3, 0.4) is 0 Å². The third-order valence-electron chi connectivity index (χ3n) is 5.61. The molecule has 1 aliphatic heterocycles. The van der Waals surface area contributed by atoms with E-state index in [0.29, 0.717) is 24.2 Å². The Morgan fingerprint density at radius 2 is 1.81 bits per heavy atom. The molecule has 1 heterocycles. The fraction of sp³-hybridized carbons (Fsp3) is 0.375. The summed E-state index contributed by atoms with van der Waals surface area (Å²) in [5.41, 5.74) is -0.459. The molecule has 0 bridgehead atoms. The minimum Gasteiger partial charge on any atom is -0.350 e. The first-order valence-electron chi connectivity index (χ1n) is 11.2. The predicted molar refractivity (Wildman–Crippen MR) is 130 cm³/mol. The molecule has 1 saturated heterocycles. The number of halogens is 4. The molecule has 0 aromatic heterocycles. The van der Waals surface area contributed by atoms with Gasteiger partial charge in [0.15, 0.2) is 0 Å². The van der Waals surface area contributed by atoms with Crippen LogP contribution in [0, 0.1) is 0 Å². The molecule has 2 aromatic rings. The van der Waals surface area contributed by atoms with Crippen LogP contribution in [0.15, 0.2) is 42.5 Å². The quantitative estimate of drug-likeness (QED) is 0.515. The number of urea groups is 1. The molecule has 1 aliphatic rings. The fourth-order valence-corrected chi connectivity index (χ4v) is 3.85. The van der Waals surface area contributed by atoms with Gasteiger partial charge < -0.3 is 20.9 Å². The molecule has 3 N–H and O–H groups in total. The molecule has 1 fully saturated rings. The van der Waals surface area contributed by atoms with Gasteiger partial charge in [-0.25, -0.2) is 4.79 Å². The van der Waals surface area contributed by atoms with Gasteiger partial charge in [-0.2, -0.15) is 13.2 Å². The zero-order valence-electron chi connectivity index (χ0n) is 19.8. The van der Waals surface area contributed by atoms with Crippen molar-refractivity contribution >= 4 is 35.1 Å². The van der Waals surface area contributed by atoms with Crippen molar-refractivity contribution in [2.45, 2.75) is 25.2 Å². The Bertz CT molecular complexity index is 1110. The van der Waals surface area contributed by atoms with Crippen molar-refractivity contribution in [1.82, 2.24) is 20.4 Å². The van der Waals surface area contributed by atoms with E-state index in [1.165, 1.54) is 19.0 Å². The van der Waals surface area contributed by atoms with Crippen molar-refractivity contribution in [3.05, 3.63) is 64.2 Å². The maximum atomic E-state index is 13.2. The second-order valence-corrected chi connectivity index (χ2v) is 9.12. The molecular weight excluding hydrogens is 499 g/mol. The van der Waals surface area contributed by atoms with Crippen LogP contribution in [0.1, 0.15) is 27.9 Å². The van der Waals surface area contributed by atoms with E-state index in [9.17, 15) is 27.6 Å². The predicted octanol–water partition coefficient (Wildman–Crippen LogP) is 3.57. The standard InChI is InChI=1S/C24H27ClF3N5O3/c1-32(2)23(36)31-20-8-5-16(24(26,27)28)11-19(20)22(35)29-12-21(34)30-18-9-10-33(14-18)13-15-3-6-17(25)7-4-15/h3-8,11,18H,9-10,12-14H2,1-2H3,(H,29,35)(H,30,34)(H,31,36)/t18-/m0/s1. The lowest BCUT2D eigenvalue weighted by molar-refractivity contribution is -0.137. The number of likely N-dealkylation sites (tertiary alicyclic amines) is 1. The number of hydrogen-bond acceptors (Lipinski definition) is 4. The number of anilines is 1. The summed E-state index contributed by atoms with van der Waals surface area (Å²) < 4.78 is 39.5. The minimum absolute atomic E-state index is 0.103. The van der Waals surface area contributed by atoms with Gasteiger partial charge in [0.1, 0.15) is 0 Å². The highest BCUT2D eigenvalue weighted by Gasteiger charge is 2.32.